The van der Waals surface area contributed by atoms with Crippen LogP contribution < -0.4 is 69.1 Å². The molecule has 1 aromatic carbocycles. The Balaban J connectivity index is 0.00000544. The number of hydrogen-bond donors (Lipinski definition) is 1. The summed E-state index contributed by atoms with van der Waals surface area (Å²) in [6.07, 6.45) is -3.29. The number of nitrogens with zero attached hydrogens (tertiary/aromatic N) is 1. The number of carboxylic acid groups (broad SMARTS) is 1. The van der Waals surface area contributed by atoms with Gasteiger partial charge in [-0.25, -0.2) is 4.39 Å². The molecule has 2 rings (SSSR count). The molecule has 176 valence electrons. The van der Waals surface area contributed by atoms with Crippen LogP contribution in [-0.2, 0) is 25.9 Å². The molecule has 0 aliphatic heterocycles. The van der Waals surface area contributed by atoms with Gasteiger partial charge in [0.15, 0.2) is 0 Å². The summed E-state index contributed by atoms with van der Waals surface area (Å²) in [6.45, 7) is 9.52. The minimum absolute atomic E-state index is 0. The minimum Gasteiger partial charge on any atom is -0.778 e. The summed E-state index contributed by atoms with van der Waals surface area (Å²) in [5.74, 6) is -2.02. The molecule has 34 heavy (non-hydrogen) atoms. The normalized spacial score (nSPS) is 14.0. The summed E-state index contributed by atoms with van der Waals surface area (Å²) in [7, 11) is -4.56. The number of aromatic nitrogens is 1. The van der Waals surface area contributed by atoms with Gasteiger partial charge in [-0.3, -0.25) is 4.98 Å². The number of carbonyl (C=O) groups is 1. The van der Waals surface area contributed by atoms with Crippen molar-refractivity contribution in [2.75, 3.05) is 6.16 Å². The predicted molar refractivity (Wildman–Crippen MR) is 115 cm³/mol. The van der Waals surface area contributed by atoms with Crippen LogP contribution in [0.4, 0.5) is 4.39 Å². The first-order valence-corrected chi connectivity index (χ1v) is 12.0. The Hall–Kier alpha value is -0.120. The van der Waals surface area contributed by atoms with Gasteiger partial charge in [-0.15, -0.1) is 0 Å². The quantitative estimate of drug-likeness (QED) is 0.279. The van der Waals surface area contributed by atoms with Crippen molar-refractivity contribution in [2.24, 2.45) is 0 Å². The van der Waals surface area contributed by atoms with Crippen LogP contribution >= 0.6 is 7.60 Å². The summed E-state index contributed by atoms with van der Waals surface area (Å²) in [4.78, 5) is 27.7. The fraction of sp³-hybridized carbons (Fsp3) is 0.478. The molecule has 0 fully saturated rings. The second-order valence-corrected chi connectivity index (χ2v) is 11.0. The first-order chi connectivity index (χ1) is 14.7. The predicted octanol–water partition coefficient (Wildman–Crippen LogP) is -3.11. The molecule has 0 aliphatic rings. The van der Waals surface area contributed by atoms with Crippen LogP contribution in [0.3, 0.4) is 0 Å². The Morgan fingerprint density at radius 3 is 2.24 bits per heavy atom. The van der Waals surface area contributed by atoms with E-state index in [0.29, 0.717) is 22.4 Å². The monoisotopic (exact) mass is 511 g/mol. The van der Waals surface area contributed by atoms with E-state index in [1.165, 1.54) is 12.1 Å². The number of carboxylic acids is 1. The molecule has 0 radical (unpaired) electrons. The number of halogens is 1. The number of benzene rings is 1. The van der Waals surface area contributed by atoms with Gasteiger partial charge in [0.05, 0.1) is 12.7 Å². The van der Waals surface area contributed by atoms with E-state index in [2.05, 4.69) is 0 Å². The summed E-state index contributed by atoms with van der Waals surface area (Å²) in [5.41, 5.74) is 3.03. The maximum Gasteiger partial charge on any atom is 1.00 e. The number of aliphatic hydroxyl groups excluding tert-OH is 1. The van der Waals surface area contributed by atoms with Crippen LogP contribution in [-0.4, -0.2) is 28.3 Å². The molecular formula is C23H29FNNa2O6P. The van der Waals surface area contributed by atoms with E-state index in [9.17, 15) is 28.9 Å². The van der Waals surface area contributed by atoms with Crippen molar-refractivity contribution in [1.82, 2.24) is 4.98 Å². The van der Waals surface area contributed by atoms with Crippen LogP contribution in [0.2, 0.25) is 0 Å². The van der Waals surface area contributed by atoms with Gasteiger partial charge in [0.2, 0.25) is 0 Å². The van der Waals surface area contributed by atoms with Crippen LogP contribution in [0.25, 0.3) is 11.1 Å². The number of aliphatic carboxylic acids is 1. The number of aliphatic hydroxyl groups is 1. The Morgan fingerprint density at radius 2 is 1.76 bits per heavy atom. The van der Waals surface area contributed by atoms with Gasteiger partial charge in [0.25, 0.3) is 0 Å². The molecule has 1 aromatic heterocycles. The third-order valence-electron chi connectivity index (χ3n) is 4.87. The van der Waals surface area contributed by atoms with Gasteiger partial charge in [0.1, 0.15) is 13.4 Å². The third-order valence-corrected chi connectivity index (χ3v) is 6.26. The van der Waals surface area contributed by atoms with E-state index in [4.69, 9.17) is 9.51 Å². The molecule has 1 heterocycles. The van der Waals surface area contributed by atoms with E-state index >= 15 is 0 Å². The number of hydrogen-bond acceptors (Lipinski definition) is 7. The van der Waals surface area contributed by atoms with Gasteiger partial charge in [0, 0.05) is 40.9 Å². The summed E-state index contributed by atoms with van der Waals surface area (Å²) in [5, 5.41) is 20.3. The third kappa shape index (κ3) is 10.1. The molecule has 11 heteroatoms. The Bertz CT molecular complexity index is 1010. The molecule has 1 unspecified atom stereocenters. The van der Waals surface area contributed by atoms with Crippen molar-refractivity contribution < 1.29 is 92.5 Å². The standard InChI is InChI=1S/C23H31FNO6P.2Na/c1-14(2)22-19(12-31-32(29,30)13-17(26)10-21(27)28)18(11-20(25-22)23(3,4)5)15-6-8-16(24)9-7-15;;/h6-9,11,14,17,26H,10,12-13H2,1-5H3,(H,27,28)(H,29,30);;/q;2*+1/p-2/t17-;;/m1../s1. The molecule has 0 saturated carbocycles. The Morgan fingerprint density at radius 1 is 1.21 bits per heavy atom. The van der Waals surface area contributed by atoms with Gasteiger partial charge < -0.3 is 29.0 Å². The van der Waals surface area contributed by atoms with E-state index in [1.54, 1.807) is 12.1 Å². The van der Waals surface area contributed by atoms with Crippen molar-refractivity contribution in [3.63, 3.8) is 0 Å². The van der Waals surface area contributed by atoms with E-state index in [-0.39, 0.29) is 77.1 Å². The average molecular weight is 511 g/mol. The van der Waals surface area contributed by atoms with Crippen molar-refractivity contribution in [1.29, 1.82) is 0 Å². The minimum atomic E-state index is -4.56. The van der Waals surface area contributed by atoms with Crippen molar-refractivity contribution in [3.05, 3.63) is 53.1 Å². The fourth-order valence-electron chi connectivity index (χ4n) is 3.22. The van der Waals surface area contributed by atoms with Crippen LogP contribution in [0.5, 0.6) is 0 Å². The molecule has 7 nitrogen and oxygen atoms in total. The molecule has 0 bridgehead atoms. The van der Waals surface area contributed by atoms with Crippen molar-refractivity contribution in [3.8, 4) is 11.1 Å². The Kier molecular flexibility index (Phi) is 13.9. The van der Waals surface area contributed by atoms with Gasteiger partial charge >= 0.3 is 59.1 Å². The summed E-state index contributed by atoms with van der Waals surface area (Å²) >= 11 is 0. The zero-order valence-corrected chi connectivity index (χ0v) is 25.8. The molecule has 2 aromatic rings. The SMILES string of the molecule is CC(C)c1nc(C(C)(C)C)cc(-c2ccc(F)cc2)c1COP(=O)([O-])C[C@H](O)CC(=O)[O-].[Na+].[Na+]. The molecule has 2 atom stereocenters. The molecule has 0 amide bonds. The fourth-order valence-corrected chi connectivity index (χ4v) is 4.30. The molecule has 0 saturated heterocycles. The second-order valence-electron chi connectivity index (χ2n) is 9.13. The zero-order chi connectivity index (χ0) is 24.3. The second kappa shape index (κ2) is 14.0. The molecular weight excluding hydrogens is 482 g/mol. The largest absolute Gasteiger partial charge is 1.00 e. The summed E-state index contributed by atoms with van der Waals surface area (Å²) in [6, 6.07) is 7.69. The zero-order valence-electron chi connectivity index (χ0n) is 20.9. The summed E-state index contributed by atoms with van der Waals surface area (Å²) < 4.78 is 31.1. The van der Waals surface area contributed by atoms with Crippen molar-refractivity contribution in [2.45, 2.75) is 65.1 Å². The Labute approximate surface area is 244 Å². The van der Waals surface area contributed by atoms with E-state index in [1.807, 2.05) is 40.7 Å². The maximum absolute atomic E-state index is 13.5. The molecule has 0 aliphatic carbocycles. The van der Waals surface area contributed by atoms with E-state index in [0.717, 1.165) is 5.69 Å². The van der Waals surface area contributed by atoms with Crippen LogP contribution in [0, 0.1) is 5.82 Å². The van der Waals surface area contributed by atoms with Gasteiger partial charge in [-0.1, -0.05) is 46.8 Å². The van der Waals surface area contributed by atoms with Crippen molar-refractivity contribution >= 4 is 13.6 Å². The number of rotatable bonds is 9. The van der Waals surface area contributed by atoms with Gasteiger partial charge in [-0.05, 0) is 35.2 Å². The maximum atomic E-state index is 13.5. The number of carbonyl (C=O) groups excluding carboxylic acids is 1. The first-order valence-electron chi connectivity index (χ1n) is 10.3. The average Bonchev–Trinajstić information content (AvgIpc) is 2.64. The van der Waals surface area contributed by atoms with E-state index < -0.39 is 38.1 Å². The molecule has 1 N–H and O–H groups in total. The number of pyridine rings is 1. The van der Waals surface area contributed by atoms with Crippen LogP contribution in [0.1, 0.15) is 63.9 Å². The molecule has 0 spiro atoms. The van der Waals surface area contributed by atoms with Gasteiger partial charge in [-0.2, -0.15) is 0 Å². The smallest absolute Gasteiger partial charge is 0.778 e. The first kappa shape index (κ1) is 33.9. The topological polar surface area (TPSA) is 123 Å². The van der Waals surface area contributed by atoms with Crippen LogP contribution in [0.15, 0.2) is 30.3 Å².